The summed E-state index contributed by atoms with van der Waals surface area (Å²) in [5, 5.41) is 19.1. The van der Waals surface area contributed by atoms with Gasteiger partial charge in [-0.05, 0) is 5.53 Å². The summed E-state index contributed by atoms with van der Waals surface area (Å²) in [6.45, 7) is 0. The van der Waals surface area contributed by atoms with E-state index < -0.39 is 24.4 Å². The highest BCUT2D eigenvalue weighted by molar-refractivity contribution is 5.80. The van der Waals surface area contributed by atoms with Gasteiger partial charge >= 0.3 is 11.9 Å². The van der Waals surface area contributed by atoms with Crippen LogP contribution < -0.4 is 0 Å². The Labute approximate surface area is 60.9 Å². The zero-order valence-corrected chi connectivity index (χ0v) is 5.34. The standard InChI is InChI=1S/C4H5N3O4/c5-7-6-2(4(10)11)1-3(8)9/h2H,1H2,(H,8,9)(H,10,11). The molecule has 0 spiro atoms. The summed E-state index contributed by atoms with van der Waals surface area (Å²) < 4.78 is 0. The molecule has 0 aromatic rings. The minimum absolute atomic E-state index is 0.695. The zero-order chi connectivity index (χ0) is 8.85. The third-order valence-corrected chi connectivity index (χ3v) is 0.844. The van der Waals surface area contributed by atoms with E-state index in [4.69, 9.17) is 15.7 Å². The second-order valence-electron chi connectivity index (χ2n) is 1.66. The molecule has 60 valence electrons. The van der Waals surface area contributed by atoms with E-state index in [2.05, 4.69) is 10.0 Å². The second kappa shape index (κ2) is 4.13. The Hall–Kier alpha value is -1.75. The molecule has 0 amide bonds. The van der Waals surface area contributed by atoms with Crippen LogP contribution in [-0.2, 0) is 9.59 Å². The number of aliphatic carboxylic acids is 2. The number of carbonyl (C=O) groups is 2. The maximum Gasteiger partial charge on any atom is 0.313 e. The zero-order valence-electron chi connectivity index (χ0n) is 5.34. The normalized spacial score (nSPS) is 11.3. The first-order valence-corrected chi connectivity index (χ1v) is 2.56. The summed E-state index contributed by atoms with van der Waals surface area (Å²) in [5.41, 5.74) is 7.80. The Morgan fingerprint density at radius 1 is 1.55 bits per heavy atom. The largest absolute Gasteiger partial charge is 0.481 e. The lowest BCUT2D eigenvalue weighted by Crippen LogP contribution is -2.20. The molecule has 0 aliphatic carbocycles. The van der Waals surface area contributed by atoms with Gasteiger partial charge in [-0.25, -0.2) is 0 Å². The fraction of sp³-hybridized carbons (Fsp3) is 0.500. The van der Waals surface area contributed by atoms with Gasteiger partial charge in [0.15, 0.2) is 0 Å². The smallest absolute Gasteiger partial charge is 0.313 e. The van der Waals surface area contributed by atoms with Gasteiger partial charge < -0.3 is 10.2 Å². The van der Waals surface area contributed by atoms with Crippen molar-refractivity contribution in [1.29, 1.82) is 0 Å². The lowest BCUT2D eigenvalue weighted by atomic mass is 10.2. The van der Waals surface area contributed by atoms with Crippen LogP contribution in [0.15, 0.2) is 5.11 Å². The molecule has 0 saturated carbocycles. The summed E-state index contributed by atoms with van der Waals surface area (Å²) in [5.74, 6) is -2.75. The molecule has 0 heterocycles. The third kappa shape index (κ3) is 3.77. The molecular weight excluding hydrogens is 154 g/mol. The van der Waals surface area contributed by atoms with E-state index in [0.717, 1.165) is 0 Å². The molecule has 11 heavy (non-hydrogen) atoms. The lowest BCUT2D eigenvalue weighted by Gasteiger charge is -1.98. The maximum atomic E-state index is 10.1. The first-order valence-electron chi connectivity index (χ1n) is 2.56. The van der Waals surface area contributed by atoms with Gasteiger partial charge in [0.25, 0.3) is 0 Å². The molecule has 0 aliphatic heterocycles. The van der Waals surface area contributed by atoms with Crippen molar-refractivity contribution in [2.75, 3.05) is 0 Å². The van der Waals surface area contributed by atoms with E-state index in [1.807, 2.05) is 0 Å². The molecule has 7 nitrogen and oxygen atoms in total. The van der Waals surface area contributed by atoms with Gasteiger partial charge in [-0.1, -0.05) is 5.11 Å². The monoisotopic (exact) mass is 159 g/mol. The molecule has 0 saturated heterocycles. The molecule has 7 heteroatoms. The van der Waals surface area contributed by atoms with Crippen LogP contribution in [0.5, 0.6) is 0 Å². The van der Waals surface area contributed by atoms with Gasteiger partial charge in [-0.2, -0.15) is 0 Å². The Bertz CT molecular complexity index is 217. The molecule has 0 rings (SSSR count). The number of carboxylic acid groups (broad SMARTS) is 2. The van der Waals surface area contributed by atoms with Crippen LogP contribution in [0.25, 0.3) is 10.4 Å². The Morgan fingerprint density at radius 2 is 2.09 bits per heavy atom. The van der Waals surface area contributed by atoms with Crippen molar-refractivity contribution in [2.45, 2.75) is 12.5 Å². The second-order valence-corrected chi connectivity index (χ2v) is 1.66. The molecule has 0 fully saturated rings. The number of rotatable bonds is 4. The van der Waals surface area contributed by atoms with Crippen LogP contribution >= 0.6 is 0 Å². The van der Waals surface area contributed by atoms with Crippen LogP contribution in [-0.4, -0.2) is 28.2 Å². The van der Waals surface area contributed by atoms with Crippen molar-refractivity contribution in [3.63, 3.8) is 0 Å². The van der Waals surface area contributed by atoms with E-state index in [-0.39, 0.29) is 0 Å². The molecule has 0 aliphatic rings. The van der Waals surface area contributed by atoms with Crippen LogP contribution in [0.1, 0.15) is 6.42 Å². The fourth-order valence-electron chi connectivity index (χ4n) is 0.405. The Balaban J connectivity index is 4.22. The van der Waals surface area contributed by atoms with Gasteiger partial charge in [-0.3, -0.25) is 9.59 Å². The van der Waals surface area contributed by atoms with Crippen LogP contribution in [0.3, 0.4) is 0 Å². The van der Waals surface area contributed by atoms with Gasteiger partial charge in [-0.15, -0.1) is 0 Å². The van der Waals surface area contributed by atoms with E-state index in [0.29, 0.717) is 0 Å². The van der Waals surface area contributed by atoms with Crippen molar-refractivity contribution in [3.05, 3.63) is 10.4 Å². The molecule has 0 radical (unpaired) electrons. The Morgan fingerprint density at radius 3 is 2.36 bits per heavy atom. The van der Waals surface area contributed by atoms with Crippen molar-refractivity contribution < 1.29 is 19.8 Å². The molecule has 0 aromatic heterocycles. The average molecular weight is 159 g/mol. The number of nitrogens with zero attached hydrogens (tertiary/aromatic N) is 3. The van der Waals surface area contributed by atoms with Gasteiger partial charge in [0.1, 0.15) is 6.04 Å². The summed E-state index contributed by atoms with van der Waals surface area (Å²) in [4.78, 5) is 22.2. The lowest BCUT2D eigenvalue weighted by molar-refractivity contribution is -0.144. The predicted octanol–water partition coefficient (Wildman–Crippen LogP) is 0.225. The van der Waals surface area contributed by atoms with Crippen LogP contribution in [0.2, 0.25) is 0 Å². The maximum absolute atomic E-state index is 10.1. The van der Waals surface area contributed by atoms with E-state index in [1.165, 1.54) is 0 Å². The number of carboxylic acids is 2. The number of hydrogen-bond donors (Lipinski definition) is 2. The van der Waals surface area contributed by atoms with Gasteiger partial charge in [0.2, 0.25) is 0 Å². The van der Waals surface area contributed by atoms with Gasteiger partial charge in [0.05, 0.1) is 6.42 Å². The first kappa shape index (κ1) is 9.25. The average Bonchev–Trinajstić information content (AvgIpc) is 1.86. The highest BCUT2D eigenvalue weighted by Crippen LogP contribution is 1.98. The summed E-state index contributed by atoms with van der Waals surface area (Å²) in [6, 6.07) is -1.52. The first-order chi connectivity index (χ1) is 5.07. The molecular formula is C4H5N3O4. The highest BCUT2D eigenvalue weighted by Gasteiger charge is 2.18. The molecule has 0 bridgehead atoms. The van der Waals surface area contributed by atoms with E-state index >= 15 is 0 Å². The quantitative estimate of drug-likeness (QED) is 0.346. The molecule has 0 aromatic carbocycles. The fourth-order valence-corrected chi connectivity index (χ4v) is 0.405. The summed E-state index contributed by atoms with van der Waals surface area (Å²) in [6.07, 6.45) is -0.695. The summed E-state index contributed by atoms with van der Waals surface area (Å²) >= 11 is 0. The van der Waals surface area contributed by atoms with E-state index in [9.17, 15) is 9.59 Å². The van der Waals surface area contributed by atoms with E-state index in [1.54, 1.807) is 0 Å². The topological polar surface area (TPSA) is 123 Å². The minimum Gasteiger partial charge on any atom is -0.481 e. The predicted molar refractivity (Wildman–Crippen MR) is 32.8 cm³/mol. The Kier molecular flexibility index (Phi) is 3.47. The van der Waals surface area contributed by atoms with Crippen molar-refractivity contribution in [1.82, 2.24) is 0 Å². The molecule has 1 atom stereocenters. The van der Waals surface area contributed by atoms with Crippen molar-refractivity contribution in [2.24, 2.45) is 5.11 Å². The number of azide groups is 1. The van der Waals surface area contributed by atoms with Gasteiger partial charge in [0, 0.05) is 4.91 Å². The number of hydrogen-bond acceptors (Lipinski definition) is 3. The highest BCUT2D eigenvalue weighted by atomic mass is 16.4. The SMILES string of the molecule is [N-]=[N+]=NC(CC(=O)O)C(=O)O. The van der Waals surface area contributed by atoms with Crippen LogP contribution in [0, 0.1) is 0 Å². The molecule has 2 N–H and O–H groups in total. The van der Waals surface area contributed by atoms with Crippen LogP contribution in [0.4, 0.5) is 0 Å². The minimum atomic E-state index is -1.52. The van der Waals surface area contributed by atoms with Crippen molar-refractivity contribution >= 4 is 11.9 Å². The third-order valence-electron chi connectivity index (χ3n) is 0.844. The summed E-state index contributed by atoms with van der Waals surface area (Å²) in [7, 11) is 0. The molecule has 1 unspecified atom stereocenters. The van der Waals surface area contributed by atoms with Crippen molar-refractivity contribution in [3.8, 4) is 0 Å².